The quantitative estimate of drug-likeness (QED) is 0.569. The molecule has 0 bridgehead atoms. The fourth-order valence-corrected chi connectivity index (χ4v) is 2.41. The van der Waals surface area contributed by atoms with E-state index < -0.39 is 5.97 Å². The first kappa shape index (κ1) is 16.5. The van der Waals surface area contributed by atoms with Crippen LogP contribution >= 0.6 is 0 Å². The molecule has 0 N–H and O–H groups in total. The molecule has 0 radical (unpaired) electrons. The first-order chi connectivity index (χ1) is 9.52. The van der Waals surface area contributed by atoms with E-state index in [2.05, 4.69) is 6.92 Å². The van der Waals surface area contributed by atoms with E-state index in [4.69, 9.17) is 4.74 Å². The Labute approximate surface area is 120 Å². The molecule has 112 valence electrons. The van der Waals surface area contributed by atoms with Crippen molar-refractivity contribution in [1.29, 1.82) is 0 Å². The number of aromatic nitrogens is 1. The molecule has 0 atom stereocenters. The number of esters is 1. The number of hydrogen-bond donors (Lipinski definition) is 0. The molecular weight excluding hydrogens is 254 g/mol. The number of ether oxygens (including phenoxy) is 1. The Kier molecular flexibility index (Phi) is 6.49. The molecule has 0 aliphatic heterocycles. The normalized spacial score (nSPS) is 10.6. The highest BCUT2D eigenvalue weighted by molar-refractivity contribution is 5.90. The van der Waals surface area contributed by atoms with Gasteiger partial charge in [-0.05, 0) is 27.2 Å². The van der Waals surface area contributed by atoms with Crippen LogP contribution in [0.2, 0.25) is 0 Å². The average molecular weight is 279 g/mol. The third kappa shape index (κ3) is 3.95. The third-order valence-corrected chi connectivity index (χ3v) is 3.49. The van der Waals surface area contributed by atoms with Crippen molar-refractivity contribution in [1.82, 2.24) is 4.57 Å². The SMILES string of the molecule is CCCCCCn1c(C)cc(=O)c(C(=O)OCC)c1C. The van der Waals surface area contributed by atoms with Gasteiger partial charge >= 0.3 is 5.97 Å². The van der Waals surface area contributed by atoms with Gasteiger partial charge in [-0.1, -0.05) is 26.2 Å². The molecule has 0 spiro atoms. The Morgan fingerprint density at radius 3 is 2.50 bits per heavy atom. The van der Waals surface area contributed by atoms with Crippen molar-refractivity contribution in [2.24, 2.45) is 0 Å². The Hall–Kier alpha value is -1.58. The smallest absolute Gasteiger partial charge is 0.343 e. The second kappa shape index (κ2) is 7.88. The number of carbonyl (C=O) groups is 1. The molecule has 1 heterocycles. The Bertz CT molecular complexity index is 517. The van der Waals surface area contributed by atoms with E-state index in [1.54, 1.807) is 6.92 Å². The van der Waals surface area contributed by atoms with Gasteiger partial charge in [0.05, 0.1) is 6.61 Å². The molecule has 0 aromatic carbocycles. The maximum absolute atomic E-state index is 12.0. The summed E-state index contributed by atoms with van der Waals surface area (Å²) in [6, 6.07) is 1.53. The van der Waals surface area contributed by atoms with E-state index in [1.807, 2.05) is 18.4 Å². The topological polar surface area (TPSA) is 48.3 Å². The predicted octanol–water partition coefficient (Wildman–Crippen LogP) is 3.22. The van der Waals surface area contributed by atoms with Gasteiger partial charge in [0.15, 0.2) is 5.43 Å². The molecule has 0 aliphatic carbocycles. The van der Waals surface area contributed by atoms with Gasteiger partial charge in [0.2, 0.25) is 0 Å². The summed E-state index contributed by atoms with van der Waals surface area (Å²) in [5.74, 6) is -0.516. The zero-order valence-electron chi connectivity index (χ0n) is 13.0. The molecule has 0 saturated heterocycles. The minimum absolute atomic E-state index is 0.174. The van der Waals surface area contributed by atoms with Crippen LogP contribution in [0, 0.1) is 13.8 Å². The van der Waals surface area contributed by atoms with Gasteiger partial charge < -0.3 is 9.30 Å². The number of carbonyl (C=O) groups excluding carboxylic acids is 1. The van der Waals surface area contributed by atoms with Crippen molar-refractivity contribution >= 4 is 5.97 Å². The van der Waals surface area contributed by atoms with Gasteiger partial charge in [-0.25, -0.2) is 4.79 Å². The van der Waals surface area contributed by atoms with E-state index in [9.17, 15) is 9.59 Å². The maximum atomic E-state index is 12.0. The molecule has 0 saturated carbocycles. The van der Waals surface area contributed by atoms with Crippen LogP contribution in [0.1, 0.15) is 61.3 Å². The molecule has 20 heavy (non-hydrogen) atoms. The molecule has 4 nitrogen and oxygen atoms in total. The number of rotatable bonds is 7. The van der Waals surface area contributed by atoms with Gasteiger partial charge in [-0.15, -0.1) is 0 Å². The molecule has 1 rings (SSSR count). The van der Waals surface area contributed by atoms with Gasteiger partial charge in [-0.3, -0.25) is 4.79 Å². The summed E-state index contributed by atoms with van der Waals surface area (Å²) in [5.41, 5.74) is 1.54. The summed E-state index contributed by atoms with van der Waals surface area (Å²) in [6.45, 7) is 8.76. The third-order valence-electron chi connectivity index (χ3n) is 3.49. The standard InChI is InChI=1S/C16H25NO3/c1-5-7-8-9-10-17-12(3)11-14(18)15(13(17)4)16(19)20-6-2/h11H,5-10H2,1-4H3. The minimum Gasteiger partial charge on any atom is -0.462 e. The minimum atomic E-state index is -0.516. The highest BCUT2D eigenvalue weighted by atomic mass is 16.5. The van der Waals surface area contributed by atoms with Crippen LogP contribution in [0.15, 0.2) is 10.9 Å². The number of pyridine rings is 1. The van der Waals surface area contributed by atoms with E-state index >= 15 is 0 Å². The van der Waals surface area contributed by atoms with Crippen LogP contribution < -0.4 is 5.43 Å². The summed E-state index contributed by atoms with van der Waals surface area (Å²) in [5, 5.41) is 0. The van der Waals surface area contributed by atoms with E-state index in [0.29, 0.717) is 5.69 Å². The van der Waals surface area contributed by atoms with Crippen LogP contribution in [0.3, 0.4) is 0 Å². The molecule has 0 fully saturated rings. The number of aryl methyl sites for hydroxylation is 1. The van der Waals surface area contributed by atoms with E-state index in [-0.39, 0.29) is 17.6 Å². The first-order valence-corrected chi connectivity index (χ1v) is 7.41. The number of unbranched alkanes of at least 4 members (excludes halogenated alkanes) is 3. The Balaban J connectivity index is 3.03. The molecular formula is C16H25NO3. The van der Waals surface area contributed by atoms with Crippen molar-refractivity contribution in [3.05, 3.63) is 33.2 Å². The van der Waals surface area contributed by atoms with Crippen molar-refractivity contribution in [3.63, 3.8) is 0 Å². The van der Waals surface area contributed by atoms with Crippen LogP contribution in [0.5, 0.6) is 0 Å². The van der Waals surface area contributed by atoms with Gasteiger partial charge in [0, 0.05) is 24.0 Å². The highest BCUT2D eigenvalue weighted by Gasteiger charge is 2.18. The lowest BCUT2D eigenvalue weighted by Gasteiger charge is -2.17. The lowest BCUT2D eigenvalue weighted by atomic mass is 10.1. The monoisotopic (exact) mass is 279 g/mol. The highest BCUT2D eigenvalue weighted by Crippen LogP contribution is 2.11. The maximum Gasteiger partial charge on any atom is 0.343 e. The summed E-state index contributed by atoms with van der Waals surface area (Å²) < 4.78 is 7.02. The lowest BCUT2D eigenvalue weighted by molar-refractivity contribution is 0.0522. The second-order valence-electron chi connectivity index (χ2n) is 5.04. The largest absolute Gasteiger partial charge is 0.462 e. The van der Waals surface area contributed by atoms with Crippen molar-refractivity contribution in [3.8, 4) is 0 Å². The summed E-state index contributed by atoms with van der Waals surface area (Å²) in [4.78, 5) is 23.9. The fourth-order valence-electron chi connectivity index (χ4n) is 2.41. The summed E-state index contributed by atoms with van der Waals surface area (Å²) in [6.07, 6.45) is 4.62. The van der Waals surface area contributed by atoms with Gasteiger partial charge in [0.1, 0.15) is 5.56 Å². The summed E-state index contributed by atoms with van der Waals surface area (Å²) >= 11 is 0. The average Bonchev–Trinajstić information content (AvgIpc) is 2.37. The fraction of sp³-hybridized carbons (Fsp3) is 0.625. The van der Waals surface area contributed by atoms with Crippen LogP contribution in [-0.4, -0.2) is 17.1 Å². The molecule has 1 aromatic rings. The number of hydrogen-bond acceptors (Lipinski definition) is 3. The van der Waals surface area contributed by atoms with E-state index in [1.165, 1.54) is 18.9 Å². The Morgan fingerprint density at radius 1 is 1.20 bits per heavy atom. The molecule has 0 aliphatic rings. The first-order valence-electron chi connectivity index (χ1n) is 7.41. The van der Waals surface area contributed by atoms with Crippen molar-refractivity contribution in [2.45, 2.75) is 59.9 Å². The molecule has 0 unspecified atom stereocenters. The zero-order valence-corrected chi connectivity index (χ0v) is 13.0. The molecule has 0 amide bonds. The Morgan fingerprint density at radius 2 is 1.90 bits per heavy atom. The van der Waals surface area contributed by atoms with Gasteiger partial charge in [0.25, 0.3) is 0 Å². The molecule has 4 heteroatoms. The number of nitrogens with zero attached hydrogens (tertiary/aromatic N) is 1. The molecule has 1 aromatic heterocycles. The van der Waals surface area contributed by atoms with Crippen LogP contribution in [0.4, 0.5) is 0 Å². The van der Waals surface area contributed by atoms with Crippen molar-refractivity contribution < 1.29 is 9.53 Å². The second-order valence-corrected chi connectivity index (χ2v) is 5.04. The summed E-state index contributed by atoms with van der Waals surface area (Å²) in [7, 11) is 0. The van der Waals surface area contributed by atoms with Gasteiger partial charge in [-0.2, -0.15) is 0 Å². The predicted molar refractivity (Wildman–Crippen MR) is 80.3 cm³/mol. The lowest BCUT2D eigenvalue weighted by Crippen LogP contribution is -2.24. The van der Waals surface area contributed by atoms with Crippen LogP contribution in [-0.2, 0) is 11.3 Å². The van der Waals surface area contributed by atoms with Crippen LogP contribution in [0.25, 0.3) is 0 Å². The van der Waals surface area contributed by atoms with Crippen molar-refractivity contribution in [2.75, 3.05) is 6.61 Å². The zero-order chi connectivity index (χ0) is 15.1. The van der Waals surface area contributed by atoms with E-state index in [0.717, 1.165) is 25.1 Å².